The van der Waals surface area contributed by atoms with E-state index >= 15 is 0 Å². The third-order valence-electron chi connectivity index (χ3n) is 4.19. The van der Waals surface area contributed by atoms with E-state index in [0.717, 1.165) is 24.8 Å². The number of amides is 1. The number of aliphatic imine (C=N–C) groups is 1. The Bertz CT molecular complexity index is 608. The smallest absolute Gasteiger partial charge is 0.223 e. The van der Waals surface area contributed by atoms with E-state index in [1.54, 1.807) is 12.1 Å². The molecule has 1 aromatic rings. The minimum absolute atomic E-state index is 0. The summed E-state index contributed by atoms with van der Waals surface area (Å²) in [7, 11) is 0. The van der Waals surface area contributed by atoms with Crippen LogP contribution in [0.3, 0.4) is 0 Å². The van der Waals surface area contributed by atoms with Crippen LogP contribution in [0.5, 0.6) is 0 Å². The third kappa shape index (κ3) is 7.19. The lowest BCUT2D eigenvalue weighted by Crippen LogP contribution is -2.35. The van der Waals surface area contributed by atoms with Gasteiger partial charge in [0.25, 0.3) is 0 Å². The Morgan fingerprint density at radius 2 is 2.12 bits per heavy atom. The van der Waals surface area contributed by atoms with Crippen LogP contribution in [0.4, 0.5) is 0 Å². The van der Waals surface area contributed by atoms with Crippen LogP contribution >= 0.6 is 47.2 Å². The van der Waals surface area contributed by atoms with Crippen molar-refractivity contribution in [3.05, 3.63) is 33.8 Å². The van der Waals surface area contributed by atoms with Crippen LogP contribution in [-0.2, 0) is 4.79 Å². The van der Waals surface area contributed by atoms with Crippen LogP contribution < -0.4 is 16.4 Å². The maximum absolute atomic E-state index is 11.7. The van der Waals surface area contributed by atoms with Gasteiger partial charge in [0.15, 0.2) is 5.96 Å². The minimum Gasteiger partial charge on any atom is -0.370 e. The Morgan fingerprint density at radius 1 is 1.40 bits per heavy atom. The van der Waals surface area contributed by atoms with Crippen LogP contribution in [0.2, 0.25) is 10.0 Å². The van der Waals surface area contributed by atoms with E-state index in [2.05, 4.69) is 15.6 Å². The molecule has 0 saturated heterocycles. The quantitative estimate of drug-likeness (QED) is 0.231. The summed E-state index contributed by atoms with van der Waals surface area (Å²) in [6.07, 6.45) is 3.97. The number of hydrogen-bond acceptors (Lipinski definition) is 2. The number of guanidine groups is 1. The highest BCUT2D eigenvalue weighted by atomic mass is 127. The molecule has 1 unspecified atom stereocenters. The average molecular weight is 499 g/mol. The van der Waals surface area contributed by atoms with Crippen molar-refractivity contribution in [3.8, 4) is 0 Å². The van der Waals surface area contributed by atoms with Gasteiger partial charge in [0.1, 0.15) is 0 Å². The van der Waals surface area contributed by atoms with Gasteiger partial charge >= 0.3 is 0 Å². The summed E-state index contributed by atoms with van der Waals surface area (Å²) in [6.45, 7) is 3.14. The summed E-state index contributed by atoms with van der Waals surface area (Å²) < 4.78 is 0. The van der Waals surface area contributed by atoms with Crippen LogP contribution in [0.15, 0.2) is 23.2 Å². The van der Waals surface area contributed by atoms with E-state index in [4.69, 9.17) is 28.9 Å². The van der Waals surface area contributed by atoms with Gasteiger partial charge in [0.2, 0.25) is 5.91 Å². The second kappa shape index (κ2) is 11.1. The monoisotopic (exact) mass is 498 g/mol. The fraction of sp³-hybridized carbons (Fsp3) is 0.529. The van der Waals surface area contributed by atoms with Crippen LogP contribution in [0.25, 0.3) is 0 Å². The topological polar surface area (TPSA) is 79.5 Å². The van der Waals surface area contributed by atoms with Crippen LogP contribution in [0, 0.1) is 5.92 Å². The normalized spacial score (nSPS) is 15.7. The number of hydrogen-bond donors (Lipinski definition) is 3. The average Bonchev–Trinajstić information content (AvgIpc) is 2.44. The molecule has 0 aromatic heterocycles. The summed E-state index contributed by atoms with van der Waals surface area (Å²) >= 11 is 12.1. The molecule has 1 fully saturated rings. The molecule has 140 valence electrons. The van der Waals surface area contributed by atoms with Crippen LogP contribution in [0.1, 0.15) is 44.2 Å². The summed E-state index contributed by atoms with van der Waals surface area (Å²) in [5.41, 5.74) is 6.80. The second-order valence-corrected chi connectivity index (χ2v) is 6.91. The number of carbonyl (C=O) groups is 1. The first-order valence-electron chi connectivity index (χ1n) is 8.26. The molecule has 1 aliphatic carbocycles. The first-order valence-corrected chi connectivity index (χ1v) is 9.02. The van der Waals surface area contributed by atoms with E-state index in [1.165, 1.54) is 6.42 Å². The molecule has 0 bridgehead atoms. The van der Waals surface area contributed by atoms with Crippen molar-refractivity contribution in [2.75, 3.05) is 13.1 Å². The lowest BCUT2D eigenvalue weighted by Gasteiger charge is -2.23. The Labute approximate surface area is 176 Å². The van der Waals surface area contributed by atoms with Crippen molar-refractivity contribution in [1.82, 2.24) is 10.6 Å². The molecule has 0 spiro atoms. The molecular weight excluding hydrogens is 474 g/mol. The fourth-order valence-electron chi connectivity index (χ4n) is 2.50. The van der Waals surface area contributed by atoms with Gasteiger partial charge in [-0.1, -0.05) is 35.7 Å². The van der Waals surface area contributed by atoms with E-state index in [0.29, 0.717) is 29.1 Å². The number of benzene rings is 1. The van der Waals surface area contributed by atoms with Gasteiger partial charge < -0.3 is 16.4 Å². The van der Waals surface area contributed by atoms with E-state index < -0.39 is 0 Å². The number of carbonyl (C=O) groups excluding carboxylic acids is 1. The van der Waals surface area contributed by atoms with Crippen molar-refractivity contribution < 1.29 is 4.79 Å². The first-order chi connectivity index (χ1) is 11.5. The van der Waals surface area contributed by atoms with Gasteiger partial charge in [-0.05, 0) is 43.9 Å². The van der Waals surface area contributed by atoms with Gasteiger partial charge in [-0.15, -0.1) is 24.0 Å². The Balaban J connectivity index is 0.00000312. The standard InChI is InChI=1S/C17H24Cl2N4O.HI/c1-11(14-7-6-13(18)10-15(14)19)23-17(20)22-9-3-8-21-16(24)12-4-2-5-12;/h6-7,10-12H,2-5,8-9H2,1H3,(H,21,24)(H3,20,22,23);1H. The Hall–Kier alpha value is -0.730. The number of nitrogens with one attached hydrogen (secondary N) is 2. The second-order valence-electron chi connectivity index (χ2n) is 6.07. The van der Waals surface area contributed by atoms with Crippen molar-refractivity contribution >= 4 is 59.0 Å². The highest BCUT2D eigenvalue weighted by Crippen LogP contribution is 2.26. The first kappa shape index (κ1) is 22.3. The maximum Gasteiger partial charge on any atom is 0.223 e. The van der Waals surface area contributed by atoms with Gasteiger partial charge in [0, 0.05) is 29.1 Å². The predicted molar refractivity (Wildman–Crippen MR) is 115 cm³/mol. The van der Waals surface area contributed by atoms with Crippen LogP contribution in [-0.4, -0.2) is 25.0 Å². The van der Waals surface area contributed by atoms with Crippen molar-refractivity contribution in [2.45, 2.75) is 38.6 Å². The number of nitrogens with zero attached hydrogens (tertiary/aromatic N) is 1. The molecule has 2 rings (SSSR count). The highest BCUT2D eigenvalue weighted by molar-refractivity contribution is 14.0. The zero-order valence-electron chi connectivity index (χ0n) is 14.2. The molecule has 4 N–H and O–H groups in total. The van der Waals surface area contributed by atoms with Crippen molar-refractivity contribution in [3.63, 3.8) is 0 Å². The minimum atomic E-state index is -0.0724. The molecule has 5 nitrogen and oxygen atoms in total. The molecule has 8 heteroatoms. The molecule has 25 heavy (non-hydrogen) atoms. The highest BCUT2D eigenvalue weighted by Gasteiger charge is 2.24. The Morgan fingerprint density at radius 3 is 2.72 bits per heavy atom. The summed E-state index contributed by atoms with van der Waals surface area (Å²) in [6, 6.07) is 5.29. The maximum atomic E-state index is 11.7. The molecule has 0 heterocycles. The predicted octanol–water partition coefficient (Wildman–Crippen LogP) is 3.88. The molecule has 1 aliphatic rings. The zero-order valence-corrected chi connectivity index (χ0v) is 18.1. The largest absolute Gasteiger partial charge is 0.370 e. The third-order valence-corrected chi connectivity index (χ3v) is 4.75. The fourth-order valence-corrected chi connectivity index (χ4v) is 3.07. The van der Waals surface area contributed by atoms with Gasteiger partial charge in [-0.2, -0.15) is 0 Å². The molecule has 1 aromatic carbocycles. The van der Waals surface area contributed by atoms with E-state index in [1.807, 2.05) is 13.0 Å². The molecule has 1 amide bonds. The van der Waals surface area contributed by atoms with Gasteiger partial charge in [-0.25, -0.2) is 0 Å². The molecule has 0 aliphatic heterocycles. The van der Waals surface area contributed by atoms with E-state index in [-0.39, 0.29) is 41.8 Å². The lowest BCUT2D eigenvalue weighted by atomic mass is 9.85. The molecule has 0 radical (unpaired) electrons. The molecule has 1 saturated carbocycles. The number of halogens is 3. The van der Waals surface area contributed by atoms with Crippen molar-refractivity contribution in [1.29, 1.82) is 0 Å². The van der Waals surface area contributed by atoms with Gasteiger partial charge in [0.05, 0.1) is 6.04 Å². The summed E-state index contributed by atoms with van der Waals surface area (Å²) in [5, 5.41) is 7.23. The number of nitrogens with two attached hydrogens (primary N) is 1. The molecular formula is C17H25Cl2IN4O. The van der Waals surface area contributed by atoms with E-state index in [9.17, 15) is 4.79 Å². The van der Waals surface area contributed by atoms with Crippen molar-refractivity contribution in [2.24, 2.45) is 16.6 Å². The molecule has 1 atom stereocenters. The SMILES string of the molecule is CC(NC(N)=NCCCNC(=O)C1CCC1)c1ccc(Cl)cc1Cl.I. The lowest BCUT2D eigenvalue weighted by molar-refractivity contribution is -0.127. The van der Waals surface area contributed by atoms with Gasteiger partial charge in [-0.3, -0.25) is 9.79 Å². The zero-order chi connectivity index (χ0) is 17.5. The summed E-state index contributed by atoms with van der Waals surface area (Å²) in [5.74, 6) is 0.756. The summed E-state index contributed by atoms with van der Waals surface area (Å²) in [4.78, 5) is 16.0. The number of rotatable bonds is 7. The Kier molecular flexibility index (Phi) is 9.89.